The summed E-state index contributed by atoms with van der Waals surface area (Å²) in [5.74, 6) is 0.522. The van der Waals surface area contributed by atoms with Crippen molar-refractivity contribution in [3.63, 3.8) is 0 Å². The highest BCUT2D eigenvalue weighted by molar-refractivity contribution is 5.89. The lowest BCUT2D eigenvalue weighted by Crippen LogP contribution is -2.17. The summed E-state index contributed by atoms with van der Waals surface area (Å²) in [6, 6.07) is 11.9. The minimum absolute atomic E-state index is 0.0739. The Kier molecular flexibility index (Phi) is 5.54. The molecule has 0 aliphatic carbocycles. The van der Waals surface area contributed by atoms with Crippen LogP contribution in [0, 0.1) is 12.8 Å². The summed E-state index contributed by atoms with van der Waals surface area (Å²) < 4.78 is 12.4. The molecule has 140 valence electrons. The smallest absolute Gasteiger partial charge is 0.338 e. The minimum atomic E-state index is -0.490. The largest absolute Gasteiger partial charge is 0.493 e. The fraction of sp³-hybridized carbons (Fsp3) is 0.286. The molecule has 2 heterocycles. The van der Waals surface area contributed by atoms with Gasteiger partial charge in [-0.05, 0) is 42.7 Å². The second kappa shape index (κ2) is 8.03. The summed E-state index contributed by atoms with van der Waals surface area (Å²) in [6.45, 7) is 6.51. The number of hydrogen-bond acceptors (Lipinski definition) is 5. The van der Waals surface area contributed by atoms with Gasteiger partial charge in [-0.25, -0.2) is 9.78 Å². The molecular weight excluding hydrogens is 344 g/mol. The molecule has 6 heteroatoms. The average molecular weight is 366 g/mol. The number of rotatable bonds is 6. The fourth-order valence-corrected chi connectivity index (χ4v) is 2.53. The van der Waals surface area contributed by atoms with Crippen molar-refractivity contribution in [2.45, 2.75) is 27.4 Å². The van der Waals surface area contributed by atoms with Crippen molar-refractivity contribution < 1.29 is 14.3 Å². The molecule has 1 aromatic carbocycles. The molecule has 27 heavy (non-hydrogen) atoms. The molecule has 0 saturated heterocycles. The Morgan fingerprint density at radius 3 is 2.78 bits per heavy atom. The quantitative estimate of drug-likeness (QED) is 0.626. The molecule has 0 amide bonds. The zero-order valence-corrected chi connectivity index (χ0v) is 15.6. The third-order valence-electron chi connectivity index (χ3n) is 3.86. The number of esters is 1. The van der Waals surface area contributed by atoms with Crippen LogP contribution in [0.1, 0.15) is 35.5 Å². The molecule has 6 nitrogen and oxygen atoms in total. The second-order valence-corrected chi connectivity index (χ2v) is 6.83. The maximum atomic E-state index is 12.3. The van der Waals surface area contributed by atoms with Crippen molar-refractivity contribution in [1.82, 2.24) is 9.38 Å². The lowest BCUT2D eigenvalue weighted by molar-refractivity contribution is 0.0467. The third kappa shape index (κ3) is 4.73. The number of nitrogens with zero attached hydrogens (tertiary/aromatic N) is 2. The van der Waals surface area contributed by atoms with Gasteiger partial charge in [0, 0.05) is 12.3 Å². The topological polar surface area (TPSA) is 69.9 Å². The Morgan fingerprint density at radius 2 is 2.00 bits per heavy atom. The third-order valence-corrected chi connectivity index (χ3v) is 3.86. The van der Waals surface area contributed by atoms with E-state index in [1.807, 2.05) is 13.0 Å². The van der Waals surface area contributed by atoms with E-state index in [0.717, 1.165) is 5.56 Å². The van der Waals surface area contributed by atoms with Gasteiger partial charge >= 0.3 is 5.97 Å². The molecule has 3 aromatic rings. The maximum absolute atomic E-state index is 12.3. The lowest BCUT2D eigenvalue weighted by Gasteiger charge is -2.10. The summed E-state index contributed by atoms with van der Waals surface area (Å²) in [6.07, 6.45) is 1.73. The number of aromatic nitrogens is 2. The molecule has 0 fully saturated rings. The Hall–Kier alpha value is -3.15. The van der Waals surface area contributed by atoms with E-state index in [2.05, 4.69) is 18.8 Å². The second-order valence-electron chi connectivity index (χ2n) is 6.83. The van der Waals surface area contributed by atoms with Crippen LogP contribution in [0.15, 0.2) is 53.5 Å². The van der Waals surface area contributed by atoms with Crippen molar-refractivity contribution in [1.29, 1.82) is 0 Å². The van der Waals surface area contributed by atoms with Gasteiger partial charge in [-0.1, -0.05) is 26.0 Å². The van der Waals surface area contributed by atoms with Gasteiger partial charge in [0.1, 0.15) is 18.0 Å². The highest BCUT2D eigenvalue weighted by Crippen LogP contribution is 2.15. The number of ether oxygens (including phenoxy) is 2. The predicted molar refractivity (Wildman–Crippen MR) is 102 cm³/mol. The number of benzene rings is 1. The number of pyridine rings is 1. The normalized spacial score (nSPS) is 11.0. The molecule has 0 bridgehead atoms. The molecule has 0 saturated carbocycles. The van der Waals surface area contributed by atoms with Crippen molar-refractivity contribution in [2.24, 2.45) is 5.92 Å². The van der Waals surface area contributed by atoms with Crippen LogP contribution in [0.4, 0.5) is 0 Å². The first-order chi connectivity index (χ1) is 12.9. The SMILES string of the molecule is Cc1ccc2nc(COC(=O)c3cccc(OCC(C)C)c3)cc(=O)n2c1. The van der Waals surface area contributed by atoms with Gasteiger partial charge in [-0.15, -0.1) is 0 Å². The Balaban J connectivity index is 1.70. The fourth-order valence-electron chi connectivity index (χ4n) is 2.53. The molecule has 0 aliphatic heterocycles. The van der Waals surface area contributed by atoms with Gasteiger partial charge in [-0.3, -0.25) is 9.20 Å². The van der Waals surface area contributed by atoms with E-state index in [9.17, 15) is 9.59 Å². The molecule has 0 unspecified atom stereocenters. The molecule has 0 atom stereocenters. The summed E-state index contributed by atoms with van der Waals surface area (Å²) in [5, 5.41) is 0. The van der Waals surface area contributed by atoms with Crippen LogP contribution in [-0.4, -0.2) is 22.0 Å². The van der Waals surface area contributed by atoms with E-state index in [4.69, 9.17) is 9.47 Å². The van der Waals surface area contributed by atoms with Crippen LogP contribution >= 0.6 is 0 Å². The summed E-state index contributed by atoms with van der Waals surface area (Å²) in [7, 11) is 0. The van der Waals surface area contributed by atoms with E-state index in [0.29, 0.717) is 35.2 Å². The first kappa shape index (κ1) is 18.6. The molecule has 0 radical (unpaired) electrons. The van der Waals surface area contributed by atoms with Gasteiger partial charge in [-0.2, -0.15) is 0 Å². The van der Waals surface area contributed by atoms with Crippen LogP contribution in [0.5, 0.6) is 5.75 Å². The van der Waals surface area contributed by atoms with E-state index < -0.39 is 5.97 Å². The highest BCUT2D eigenvalue weighted by Gasteiger charge is 2.11. The van der Waals surface area contributed by atoms with Gasteiger partial charge in [0.25, 0.3) is 5.56 Å². The van der Waals surface area contributed by atoms with Gasteiger partial charge < -0.3 is 9.47 Å². The van der Waals surface area contributed by atoms with Crippen molar-refractivity contribution >= 4 is 11.6 Å². The van der Waals surface area contributed by atoms with E-state index >= 15 is 0 Å². The minimum Gasteiger partial charge on any atom is -0.493 e. The number of hydrogen-bond donors (Lipinski definition) is 0. The lowest BCUT2D eigenvalue weighted by atomic mass is 10.2. The van der Waals surface area contributed by atoms with E-state index in [-0.39, 0.29) is 12.2 Å². The monoisotopic (exact) mass is 366 g/mol. The predicted octanol–water partition coefficient (Wildman–Crippen LogP) is 3.39. The van der Waals surface area contributed by atoms with Crippen LogP contribution < -0.4 is 10.3 Å². The molecule has 0 spiro atoms. The number of carbonyl (C=O) groups is 1. The zero-order chi connectivity index (χ0) is 19.4. The van der Waals surface area contributed by atoms with Gasteiger partial charge in [0.2, 0.25) is 0 Å². The molecule has 0 N–H and O–H groups in total. The first-order valence-electron chi connectivity index (χ1n) is 8.81. The molecule has 2 aromatic heterocycles. The molecule has 0 aliphatic rings. The van der Waals surface area contributed by atoms with Crippen molar-refractivity contribution in [3.05, 3.63) is 75.8 Å². The number of aryl methyl sites for hydroxylation is 1. The van der Waals surface area contributed by atoms with Crippen molar-refractivity contribution in [2.75, 3.05) is 6.61 Å². The first-order valence-corrected chi connectivity index (χ1v) is 8.81. The zero-order valence-electron chi connectivity index (χ0n) is 15.6. The highest BCUT2D eigenvalue weighted by atomic mass is 16.5. The van der Waals surface area contributed by atoms with E-state index in [1.54, 1.807) is 36.5 Å². The summed E-state index contributed by atoms with van der Waals surface area (Å²) in [4.78, 5) is 28.9. The molecule has 3 rings (SSSR count). The van der Waals surface area contributed by atoms with Crippen LogP contribution in [0.2, 0.25) is 0 Å². The Labute approximate surface area is 157 Å². The van der Waals surface area contributed by atoms with Crippen LogP contribution in [0.3, 0.4) is 0 Å². The number of carbonyl (C=O) groups excluding carboxylic acids is 1. The number of fused-ring (bicyclic) bond motifs is 1. The van der Waals surface area contributed by atoms with Gasteiger partial charge in [0.15, 0.2) is 0 Å². The summed E-state index contributed by atoms with van der Waals surface area (Å²) >= 11 is 0. The standard InChI is InChI=1S/C21H22N2O4/c1-14(2)12-26-18-6-4-5-16(9-18)21(25)27-13-17-10-20(24)23-11-15(3)7-8-19(23)22-17/h4-11,14H,12-13H2,1-3H3. The van der Waals surface area contributed by atoms with Crippen LogP contribution in [-0.2, 0) is 11.3 Å². The Morgan fingerprint density at radius 1 is 1.19 bits per heavy atom. The average Bonchev–Trinajstić information content (AvgIpc) is 2.65. The summed E-state index contributed by atoms with van der Waals surface area (Å²) in [5.41, 5.74) is 2.07. The molecular formula is C21H22N2O4. The Bertz CT molecular complexity index is 1020. The van der Waals surface area contributed by atoms with Gasteiger partial charge in [0.05, 0.1) is 17.9 Å². The maximum Gasteiger partial charge on any atom is 0.338 e. The van der Waals surface area contributed by atoms with E-state index in [1.165, 1.54) is 10.5 Å². The van der Waals surface area contributed by atoms with Crippen molar-refractivity contribution in [3.8, 4) is 5.75 Å². The van der Waals surface area contributed by atoms with Crippen LogP contribution in [0.25, 0.3) is 5.65 Å².